The summed E-state index contributed by atoms with van der Waals surface area (Å²) in [6.07, 6.45) is -3.87. The lowest BCUT2D eigenvalue weighted by Crippen LogP contribution is -2.45. The predicted octanol–water partition coefficient (Wildman–Crippen LogP) is 0.461. The van der Waals surface area contributed by atoms with Gasteiger partial charge in [-0.3, -0.25) is 9.59 Å². The zero-order valence-corrected chi connectivity index (χ0v) is 9.38. The molecule has 0 aromatic rings. The van der Waals surface area contributed by atoms with Crippen molar-refractivity contribution in [2.24, 2.45) is 0 Å². The first-order valence-electron chi connectivity index (χ1n) is 5.03. The third kappa shape index (κ3) is 8.49. The zero-order chi connectivity index (χ0) is 13.5. The van der Waals surface area contributed by atoms with Gasteiger partial charge in [0.2, 0.25) is 5.91 Å². The molecule has 0 aromatic carbocycles. The van der Waals surface area contributed by atoms with E-state index in [0.717, 1.165) is 6.42 Å². The lowest BCUT2D eigenvalue weighted by Gasteiger charge is -2.22. The molecule has 1 amide bonds. The van der Waals surface area contributed by atoms with E-state index >= 15 is 0 Å². The molecular weight excluding hydrogens is 241 g/mol. The lowest BCUT2D eigenvalue weighted by molar-refractivity contribution is -0.165. The Hall–Kier alpha value is -1.31. The van der Waals surface area contributed by atoms with Crippen LogP contribution in [0.25, 0.3) is 0 Å². The molecular formula is C9H15F3N2O3. The number of nitrogens with one attached hydrogen (secondary N) is 1. The molecule has 0 unspecified atom stereocenters. The Morgan fingerprint density at radius 3 is 2.35 bits per heavy atom. The summed E-state index contributed by atoms with van der Waals surface area (Å²) in [5.74, 6) is -2.35. The third-order valence-electron chi connectivity index (χ3n) is 1.75. The van der Waals surface area contributed by atoms with E-state index in [4.69, 9.17) is 5.11 Å². The fraction of sp³-hybridized carbons (Fsp3) is 0.778. The third-order valence-corrected chi connectivity index (χ3v) is 1.75. The van der Waals surface area contributed by atoms with Gasteiger partial charge in [0.05, 0.1) is 6.54 Å². The highest BCUT2D eigenvalue weighted by Gasteiger charge is 2.33. The van der Waals surface area contributed by atoms with Gasteiger partial charge in [-0.1, -0.05) is 6.92 Å². The van der Waals surface area contributed by atoms with Crippen molar-refractivity contribution in [1.82, 2.24) is 10.2 Å². The highest BCUT2D eigenvalue weighted by atomic mass is 19.4. The molecule has 2 N–H and O–H groups in total. The van der Waals surface area contributed by atoms with Crippen LogP contribution in [0.15, 0.2) is 0 Å². The molecule has 0 rings (SSSR count). The second-order valence-electron chi connectivity index (χ2n) is 3.44. The Morgan fingerprint density at radius 2 is 1.94 bits per heavy atom. The summed E-state index contributed by atoms with van der Waals surface area (Å²) in [4.78, 5) is 21.9. The topological polar surface area (TPSA) is 69.6 Å². The highest BCUT2D eigenvalue weighted by Crippen LogP contribution is 2.16. The van der Waals surface area contributed by atoms with E-state index in [0.29, 0.717) is 6.54 Å². The second kappa shape index (κ2) is 7.10. The van der Waals surface area contributed by atoms with Gasteiger partial charge >= 0.3 is 12.1 Å². The van der Waals surface area contributed by atoms with Crippen molar-refractivity contribution < 1.29 is 27.9 Å². The number of carbonyl (C=O) groups is 2. The van der Waals surface area contributed by atoms with Crippen molar-refractivity contribution in [2.75, 3.05) is 26.2 Å². The molecule has 5 nitrogen and oxygen atoms in total. The minimum atomic E-state index is -4.60. The van der Waals surface area contributed by atoms with Crippen LogP contribution >= 0.6 is 0 Å². The Kier molecular flexibility index (Phi) is 6.55. The molecule has 0 saturated carbocycles. The van der Waals surface area contributed by atoms with Crippen molar-refractivity contribution in [2.45, 2.75) is 19.5 Å². The van der Waals surface area contributed by atoms with Crippen LogP contribution in [0.1, 0.15) is 13.3 Å². The molecule has 17 heavy (non-hydrogen) atoms. The van der Waals surface area contributed by atoms with Crippen LogP contribution in [0.5, 0.6) is 0 Å². The summed E-state index contributed by atoms with van der Waals surface area (Å²) < 4.78 is 36.3. The van der Waals surface area contributed by atoms with Gasteiger partial charge < -0.3 is 15.3 Å². The highest BCUT2D eigenvalue weighted by molar-refractivity contribution is 5.82. The Labute approximate surface area is 96.6 Å². The standard InChI is InChI=1S/C9H15F3N2O3/c1-2-3-13-4-7(15)14(5-8(16)17)6-9(10,11)12/h13H,2-6H2,1H3,(H,16,17). The smallest absolute Gasteiger partial charge is 0.406 e. The van der Waals surface area contributed by atoms with Gasteiger partial charge in [0, 0.05) is 0 Å². The quantitative estimate of drug-likeness (QED) is 0.649. The molecule has 0 aliphatic rings. The molecule has 0 aliphatic heterocycles. The van der Waals surface area contributed by atoms with Crippen LogP contribution in [-0.4, -0.2) is 54.2 Å². The van der Waals surface area contributed by atoms with Crippen LogP contribution in [0, 0.1) is 0 Å². The van der Waals surface area contributed by atoms with Crippen LogP contribution in [0.4, 0.5) is 13.2 Å². The van der Waals surface area contributed by atoms with E-state index in [1.807, 2.05) is 6.92 Å². The molecule has 0 bridgehead atoms. The maximum absolute atomic E-state index is 12.1. The SMILES string of the molecule is CCCNCC(=O)N(CC(=O)O)CC(F)(F)F. The zero-order valence-electron chi connectivity index (χ0n) is 9.38. The molecule has 0 spiro atoms. The Balaban J connectivity index is 4.35. The number of carbonyl (C=O) groups excluding carboxylic acids is 1. The number of aliphatic carboxylic acids is 1. The van der Waals surface area contributed by atoms with Crippen molar-refractivity contribution in [1.29, 1.82) is 0 Å². The van der Waals surface area contributed by atoms with E-state index in [-0.39, 0.29) is 11.4 Å². The normalized spacial score (nSPS) is 11.3. The van der Waals surface area contributed by atoms with Gasteiger partial charge in [-0.2, -0.15) is 13.2 Å². The number of amides is 1. The lowest BCUT2D eigenvalue weighted by atomic mass is 10.4. The van der Waals surface area contributed by atoms with Gasteiger partial charge in [-0.15, -0.1) is 0 Å². The van der Waals surface area contributed by atoms with E-state index < -0.39 is 31.1 Å². The minimum absolute atomic E-state index is 0.269. The van der Waals surface area contributed by atoms with Crippen molar-refractivity contribution in [3.63, 3.8) is 0 Å². The molecule has 100 valence electrons. The molecule has 0 saturated heterocycles. The summed E-state index contributed by atoms with van der Waals surface area (Å²) in [6.45, 7) is -0.476. The van der Waals surface area contributed by atoms with E-state index in [2.05, 4.69) is 5.32 Å². The molecule has 0 aliphatic carbocycles. The first kappa shape index (κ1) is 15.7. The van der Waals surface area contributed by atoms with Gasteiger partial charge in [0.25, 0.3) is 0 Å². The number of rotatable bonds is 7. The molecule has 8 heteroatoms. The van der Waals surface area contributed by atoms with Gasteiger partial charge in [0.15, 0.2) is 0 Å². The van der Waals surface area contributed by atoms with Crippen LogP contribution in [0.2, 0.25) is 0 Å². The minimum Gasteiger partial charge on any atom is -0.480 e. The Bertz CT molecular complexity index is 269. The summed E-state index contributed by atoms with van der Waals surface area (Å²) in [5, 5.41) is 11.0. The molecule has 0 heterocycles. The largest absolute Gasteiger partial charge is 0.480 e. The number of halogens is 3. The summed E-state index contributed by atoms with van der Waals surface area (Å²) in [7, 11) is 0. The summed E-state index contributed by atoms with van der Waals surface area (Å²) in [6, 6.07) is 0. The number of carboxylic acid groups (broad SMARTS) is 1. The van der Waals surface area contributed by atoms with Crippen LogP contribution < -0.4 is 5.32 Å². The Morgan fingerprint density at radius 1 is 1.35 bits per heavy atom. The first-order valence-corrected chi connectivity index (χ1v) is 5.03. The van der Waals surface area contributed by atoms with Crippen LogP contribution in [-0.2, 0) is 9.59 Å². The second-order valence-corrected chi connectivity index (χ2v) is 3.44. The van der Waals surface area contributed by atoms with Gasteiger partial charge in [-0.05, 0) is 13.0 Å². The van der Waals surface area contributed by atoms with E-state index in [1.165, 1.54) is 0 Å². The average Bonchev–Trinajstić information content (AvgIpc) is 2.14. The van der Waals surface area contributed by atoms with Crippen LogP contribution in [0.3, 0.4) is 0 Å². The molecule has 0 fully saturated rings. The van der Waals surface area contributed by atoms with Gasteiger partial charge in [0.1, 0.15) is 13.1 Å². The van der Waals surface area contributed by atoms with Crippen molar-refractivity contribution in [3.05, 3.63) is 0 Å². The molecule has 0 atom stereocenters. The number of alkyl halides is 3. The number of nitrogens with zero attached hydrogens (tertiary/aromatic N) is 1. The number of hydrogen-bond donors (Lipinski definition) is 2. The molecule has 0 aromatic heterocycles. The fourth-order valence-corrected chi connectivity index (χ4v) is 1.10. The van der Waals surface area contributed by atoms with Gasteiger partial charge in [-0.25, -0.2) is 0 Å². The summed E-state index contributed by atoms with van der Waals surface area (Å²) in [5.41, 5.74) is 0. The van der Waals surface area contributed by atoms with E-state index in [1.54, 1.807) is 0 Å². The number of hydrogen-bond acceptors (Lipinski definition) is 3. The van der Waals surface area contributed by atoms with E-state index in [9.17, 15) is 22.8 Å². The number of carboxylic acids is 1. The molecule has 0 radical (unpaired) electrons. The predicted molar refractivity (Wildman–Crippen MR) is 53.4 cm³/mol. The van der Waals surface area contributed by atoms with Crippen molar-refractivity contribution in [3.8, 4) is 0 Å². The maximum Gasteiger partial charge on any atom is 0.406 e. The average molecular weight is 256 g/mol. The monoisotopic (exact) mass is 256 g/mol. The van der Waals surface area contributed by atoms with Crippen molar-refractivity contribution >= 4 is 11.9 Å². The first-order chi connectivity index (χ1) is 7.76. The maximum atomic E-state index is 12.1. The fourth-order valence-electron chi connectivity index (χ4n) is 1.10. The summed E-state index contributed by atoms with van der Waals surface area (Å²) >= 11 is 0.